The third-order valence-corrected chi connectivity index (χ3v) is 7.39. The smallest absolute Gasteiger partial charge is 0.275 e. The number of nitrogens with zero attached hydrogens (tertiary/aromatic N) is 4. The molecule has 33 heavy (non-hydrogen) atoms. The maximum Gasteiger partial charge on any atom is 0.275 e. The number of hydrogen-bond donors (Lipinski definition) is 1. The number of carbonyl (C=O) groups is 1. The fourth-order valence-corrected chi connectivity index (χ4v) is 5.69. The number of nitrogens with one attached hydrogen (secondary N) is 1. The summed E-state index contributed by atoms with van der Waals surface area (Å²) in [6.45, 7) is 1.27. The van der Waals surface area contributed by atoms with Gasteiger partial charge in [0.1, 0.15) is 17.2 Å². The van der Waals surface area contributed by atoms with Crippen LogP contribution in [0.3, 0.4) is 0 Å². The number of amides is 1. The molecule has 11 heteroatoms. The van der Waals surface area contributed by atoms with Crippen molar-refractivity contribution in [3.05, 3.63) is 82.5 Å². The lowest BCUT2D eigenvalue weighted by atomic mass is 9.83. The van der Waals surface area contributed by atoms with Gasteiger partial charge in [0.25, 0.3) is 21.5 Å². The standard InChI is InChI=1S/C22H20FN5O4S/c23-16-2-1-3-17(9-16)33(31,32)26-18-4-5-20-15-8-14(12-28(20)22(18)30)11-27(13-15)21(29)19-10-24-6-7-25-19/h1-7,9-10,14-15,26H,8,11-13H2. The maximum atomic E-state index is 13.5. The molecule has 1 fully saturated rings. The highest BCUT2D eigenvalue weighted by atomic mass is 32.2. The van der Waals surface area contributed by atoms with Crippen molar-refractivity contribution in [3.63, 3.8) is 0 Å². The number of pyridine rings is 1. The van der Waals surface area contributed by atoms with E-state index in [4.69, 9.17) is 0 Å². The monoisotopic (exact) mass is 469 g/mol. The quantitative estimate of drug-likeness (QED) is 0.624. The minimum Gasteiger partial charge on any atom is -0.336 e. The van der Waals surface area contributed by atoms with E-state index < -0.39 is 21.4 Å². The Morgan fingerprint density at radius 3 is 2.73 bits per heavy atom. The molecule has 4 heterocycles. The van der Waals surface area contributed by atoms with Gasteiger partial charge in [-0.1, -0.05) is 6.07 Å². The maximum absolute atomic E-state index is 13.5. The van der Waals surface area contributed by atoms with Gasteiger partial charge in [-0.25, -0.2) is 17.8 Å². The lowest BCUT2D eigenvalue weighted by molar-refractivity contribution is 0.0588. The van der Waals surface area contributed by atoms with Crippen molar-refractivity contribution in [3.8, 4) is 0 Å². The summed E-state index contributed by atoms with van der Waals surface area (Å²) >= 11 is 0. The van der Waals surface area contributed by atoms with Crippen molar-refractivity contribution in [2.45, 2.75) is 23.8 Å². The van der Waals surface area contributed by atoms with Crippen LogP contribution in [0.25, 0.3) is 0 Å². The van der Waals surface area contributed by atoms with Crippen molar-refractivity contribution in [1.82, 2.24) is 19.4 Å². The Morgan fingerprint density at radius 1 is 1.12 bits per heavy atom. The summed E-state index contributed by atoms with van der Waals surface area (Å²) in [5.74, 6) is -0.897. The number of rotatable bonds is 4. The van der Waals surface area contributed by atoms with E-state index in [1.165, 1.54) is 36.8 Å². The van der Waals surface area contributed by atoms with Crippen molar-refractivity contribution < 1.29 is 17.6 Å². The van der Waals surface area contributed by atoms with Gasteiger partial charge in [-0.05, 0) is 42.7 Å². The summed E-state index contributed by atoms with van der Waals surface area (Å²) in [5, 5.41) is 0. The molecule has 0 saturated carbocycles. The van der Waals surface area contributed by atoms with Crippen LogP contribution in [0.1, 0.15) is 28.5 Å². The Hall–Kier alpha value is -3.60. The number of sulfonamides is 1. The highest BCUT2D eigenvalue weighted by Crippen LogP contribution is 2.36. The Labute approximate surface area is 189 Å². The van der Waals surface area contributed by atoms with Gasteiger partial charge in [0, 0.05) is 43.6 Å². The van der Waals surface area contributed by atoms with Gasteiger partial charge in [0.15, 0.2) is 0 Å². The van der Waals surface area contributed by atoms with Gasteiger partial charge in [-0.2, -0.15) is 0 Å². The topological polar surface area (TPSA) is 114 Å². The molecule has 1 amide bonds. The summed E-state index contributed by atoms with van der Waals surface area (Å²) in [4.78, 5) is 35.5. The van der Waals surface area contributed by atoms with E-state index in [0.717, 1.165) is 24.2 Å². The van der Waals surface area contributed by atoms with Crippen LogP contribution in [0, 0.1) is 11.7 Å². The molecule has 1 N–H and O–H groups in total. The summed E-state index contributed by atoms with van der Waals surface area (Å²) < 4.78 is 42.6. The molecule has 9 nitrogen and oxygen atoms in total. The number of piperidine rings is 1. The van der Waals surface area contributed by atoms with Crippen molar-refractivity contribution in [2.24, 2.45) is 5.92 Å². The molecule has 1 saturated heterocycles. The first-order valence-corrected chi connectivity index (χ1v) is 11.9. The zero-order valence-electron chi connectivity index (χ0n) is 17.4. The molecule has 2 bridgehead atoms. The minimum absolute atomic E-state index is 0.0460. The molecule has 0 aliphatic carbocycles. The Bertz CT molecular complexity index is 1390. The largest absolute Gasteiger partial charge is 0.336 e. The van der Waals surface area contributed by atoms with Crippen LogP contribution in [0.2, 0.25) is 0 Å². The molecule has 0 spiro atoms. The molecule has 2 atom stereocenters. The van der Waals surface area contributed by atoms with E-state index >= 15 is 0 Å². The zero-order chi connectivity index (χ0) is 23.2. The summed E-state index contributed by atoms with van der Waals surface area (Å²) in [6.07, 6.45) is 5.24. The molecule has 5 rings (SSSR count). The molecule has 3 aromatic rings. The molecule has 2 aromatic heterocycles. The van der Waals surface area contributed by atoms with Gasteiger partial charge in [0.2, 0.25) is 0 Å². The van der Waals surface area contributed by atoms with E-state index in [0.29, 0.717) is 19.6 Å². The normalized spacial score (nSPS) is 19.6. The van der Waals surface area contributed by atoms with Crippen molar-refractivity contribution >= 4 is 21.6 Å². The van der Waals surface area contributed by atoms with E-state index in [-0.39, 0.29) is 34.0 Å². The fourth-order valence-electron chi connectivity index (χ4n) is 4.60. The number of fused-ring (bicyclic) bond motifs is 4. The number of aromatic nitrogens is 3. The first-order valence-electron chi connectivity index (χ1n) is 10.4. The second-order valence-corrected chi connectivity index (χ2v) is 9.93. The van der Waals surface area contributed by atoms with E-state index in [9.17, 15) is 22.4 Å². The first kappa shape index (κ1) is 21.3. The molecular weight excluding hydrogens is 449 g/mol. The van der Waals surface area contributed by atoms with Gasteiger partial charge < -0.3 is 9.47 Å². The van der Waals surface area contributed by atoms with Crippen LogP contribution < -0.4 is 10.3 Å². The number of benzene rings is 1. The third kappa shape index (κ3) is 3.99. The van der Waals surface area contributed by atoms with E-state index in [1.807, 2.05) is 0 Å². The van der Waals surface area contributed by atoms with E-state index in [1.54, 1.807) is 15.5 Å². The lowest BCUT2D eigenvalue weighted by Gasteiger charge is -2.42. The average Bonchev–Trinajstić information content (AvgIpc) is 2.81. The van der Waals surface area contributed by atoms with Crippen molar-refractivity contribution in [1.29, 1.82) is 0 Å². The highest BCUT2D eigenvalue weighted by molar-refractivity contribution is 7.92. The van der Waals surface area contributed by atoms with Crippen LogP contribution in [-0.2, 0) is 16.6 Å². The number of halogens is 1. The predicted molar refractivity (Wildman–Crippen MR) is 117 cm³/mol. The highest BCUT2D eigenvalue weighted by Gasteiger charge is 2.37. The molecule has 170 valence electrons. The van der Waals surface area contributed by atoms with Gasteiger partial charge in [-0.15, -0.1) is 0 Å². The number of anilines is 1. The van der Waals surface area contributed by atoms with Crippen LogP contribution in [0.15, 0.2) is 64.7 Å². The van der Waals surface area contributed by atoms with Crippen LogP contribution in [-0.4, -0.2) is 46.8 Å². The molecular formula is C22H20FN5O4S. The van der Waals surface area contributed by atoms with E-state index in [2.05, 4.69) is 14.7 Å². The second-order valence-electron chi connectivity index (χ2n) is 8.25. The molecule has 2 aliphatic heterocycles. The number of likely N-dealkylation sites (tertiary alicyclic amines) is 1. The van der Waals surface area contributed by atoms with Crippen LogP contribution in [0.5, 0.6) is 0 Å². The molecule has 2 aliphatic rings. The average molecular weight is 469 g/mol. The zero-order valence-corrected chi connectivity index (χ0v) is 18.2. The molecule has 2 unspecified atom stereocenters. The van der Waals surface area contributed by atoms with Crippen LogP contribution >= 0.6 is 0 Å². The molecule has 0 radical (unpaired) electrons. The summed E-state index contributed by atoms with van der Waals surface area (Å²) in [6, 6.07) is 7.72. The first-order chi connectivity index (χ1) is 15.8. The van der Waals surface area contributed by atoms with Gasteiger partial charge >= 0.3 is 0 Å². The Morgan fingerprint density at radius 2 is 1.97 bits per heavy atom. The second kappa shape index (κ2) is 8.07. The SMILES string of the molecule is O=C(c1cnccn1)N1CC2CC(C1)c1ccc(NS(=O)(=O)c3cccc(F)c3)c(=O)n1C2. The molecule has 1 aromatic carbocycles. The fraction of sp³-hybridized carbons (Fsp3) is 0.273. The Kier molecular flexibility index (Phi) is 5.20. The predicted octanol–water partition coefficient (Wildman–Crippen LogP) is 1.84. The lowest BCUT2D eigenvalue weighted by Crippen LogP contribution is -2.49. The summed E-state index contributed by atoms with van der Waals surface area (Å²) in [5.41, 5.74) is 0.463. The van der Waals surface area contributed by atoms with Crippen molar-refractivity contribution in [2.75, 3.05) is 17.8 Å². The number of hydrogen-bond acceptors (Lipinski definition) is 6. The minimum atomic E-state index is -4.12. The Balaban J connectivity index is 1.41. The summed E-state index contributed by atoms with van der Waals surface area (Å²) in [7, 11) is -4.12. The number of carbonyl (C=O) groups excluding carboxylic acids is 1. The van der Waals surface area contributed by atoms with Gasteiger partial charge in [0.05, 0.1) is 11.1 Å². The van der Waals surface area contributed by atoms with Gasteiger partial charge in [-0.3, -0.25) is 19.3 Å². The van der Waals surface area contributed by atoms with Crippen LogP contribution in [0.4, 0.5) is 10.1 Å². The third-order valence-electron chi connectivity index (χ3n) is 6.02.